The number of nitrogens with zero attached hydrogens (tertiary/aromatic N) is 1. The van der Waals surface area contributed by atoms with Crippen LogP contribution in [0.2, 0.25) is 0 Å². The molecule has 7 nitrogen and oxygen atoms in total. The first kappa shape index (κ1) is 20.0. The van der Waals surface area contributed by atoms with E-state index in [1.807, 2.05) is 25.1 Å². The summed E-state index contributed by atoms with van der Waals surface area (Å²) in [6.07, 6.45) is -0.459. The van der Waals surface area contributed by atoms with Gasteiger partial charge < -0.3 is 19.9 Å². The first-order chi connectivity index (χ1) is 14.6. The van der Waals surface area contributed by atoms with E-state index in [1.54, 1.807) is 19.2 Å². The molecule has 2 aromatic rings. The minimum atomic E-state index is -0.459. The zero-order chi connectivity index (χ0) is 21.3. The molecule has 2 aliphatic heterocycles. The van der Waals surface area contributed by atoms with E-state index in [9.17, 15) is 9.65 Å². The van der Waals surface area contributed by atoms with Crippen LogP contribution in [-0.2, 0) is 4.74 Å². The minimum Gasteiger partial charge on any atom is -0.493 e. The third kappa shape index (κ3) is 3.43. The Bertz CT molecular complexity index is 1000. The molecule has 30 heavy (non-hydrogen) atoms. The maximum atomic E-state index is 13.5. The summed E-state index contributed by atoms with van der Waals surface area (Å²) in [4.78, 5) is 0. The number of ether oxygens (including phenoxy) is 3. The monoisotopic (exact) mass is 410 g/mol. The summed E-state index contributed by atoms with van der Waals surface area (Å²) in [7, 11) is 1.59. The van der Waals surface area contributed by atoms with Gasteiger partial charge in [-0.05, 0) is 42.3 Å². The van der Waals surface area contributed by atoms with Crippen molar-refractivity contribution in [2.45, 2.75) is 25.1 Å². The predicted molar refractivity (Wildman–Crippen MR) is 108 cm³/mol. The third-order valence-electron chi connectivity index (χ3n) is 5.53. The summed E-state index contributed by atoms with van der Waals surface area (Å²) >= 11 is 0. The number of halogens is 1. The molecule has 2 heterocycles. The van der Waals surface area contributed by atoms with Gasteiger partial charge in [-0.1, -0.05) is 18.2 Å². The Morgan fingerprint density at radius 3 is 2.53 bits per heavy atom. The number of nitrogens with one attached hydrogen (secondary N) is 2. The molecule has 1 saturated heterocycles. The van der Waals surface area contributed by atoms with Crippen LogP contribution in [0.1, 0.15) is 30.0 Å². The fourth-order valence-electron chi connectivity index (χ4n) is 4.20. The second-order valence-corrected chi connectivity index (χ2v) is 7.14. The van der Waals surface area contributed by atoms with Crippen LogP contribution in [-0.4, -0.2) is 19.9 Å². The summed E-state index contributed by atoms with van der Waals surface area (Å²) < 4.78 is 30.4. The lowest BCUT2D eigenvalue weighted by molar-refractivity contribution is 0.0340. The molecule has 8 heteroatoms. The van der Waals surface area contributed by atoms with Crippen LogP contribution in [0, 0.1) is 23.1 Å². The molecule has 0 saturated carbocycles. The van der Waals surface area contributed by atoms with Crippen LogP contribution in [0.3, 0.4) is 0 Å². The van der Waals surface area contributed by atoms with Crippen molar-refractivity contribution in [2.24, 2.45) is 11.7 Å². The summed E-state index contributed by atoms with van der Waals surface area (Å²) in [5.74, 6) is 0.424. The molecular formula is C22H23FN4O3. The lowest BCUT2D eigenvalue weighted by atomic mass is 9.74. The molecule has 4 rings (SSSR count). The van der Waals surface area contributed by atoms with Crippen LogP contribution in [0.4, 0.5) is 4.39 Å². The van der Waals surface area contributed by atoms with Gasteiger partial charge in [0, 0.05) is 11.8 Å². The van der Waals surface area contributed by atoms with Gasteiger partial charge in [0.25, 0.3) is 0 Å². The highest BCUT2D eigenvalue weighted by Gasteiger charge is 2.49. The number of rotatable bonds is 5. The lowest BCUT2D eigenvalue weighted by Gasteiger charge is -2.36. The van der Waals surface area contributed by atoms with Gasteiger partial charge in [0.1, 0.15) is 11.9 Å². The van der Waals surface area contributed by atoms with E-state index in [2.05, 4.69) is 16.9 Å². The minimum absolute atomic E-state index is 0.0762. The number of hydrogen-bond donors (Lipinski definition) is 3. The highest BCUT2D eigenvalue weighted by molar-refractivity contribution is 5.46. The largest absolute Gasteiger partial charge is 0.493 e. The fraction of sp³-hybridized carbons (Fsp3) is 0.318. The van der Waals surface area contributed by atoms with E-state index >= 15 is 0 Å². The van der Waals surface area contributed by atoms with Gasteiger partial charge in [-0.15, -0.1) is 0 Å². The van der Waals surface area contributed by atoms with Gasteiger partial charge in [-0.3, -0.25) is 0 Å². The van der Waals surface area contributed by atoms with E-state index in [0.29, 0.717) is 23.7 Å². The number of hydrogen-bond acceptors (Lipinski definition) is 7. The molecule has 0 radical (unpaired) electrons. The second-order valence-electron chi connectivity index (χ2n) is 7.14. The van der Waals surface area contributed by atoms with Crippen molar-refractivity contribution in [3.63, 3.8) is 0 Å². The van der Waals surface area contributed by atoms with Gasteiger partial charge in [0.15, 0.2) is 17.7 Å². The molecule has 0 amide bonds. The molecule has 1 fully saturated rings. The number of nitriles is 1. The van der Waals surface area contributed by atoms with Crippen molar-refractivity contribution in [1.82, 2.24) is 10.9 Å². The molecule has 0 spiro atoms. The molecule has 0 aliphatic carbocycles. The Morgan fingerprint density at radius 1 is 1.13 bits per heavy atom. The number of benzene rings is 2. The van der Waals surface area contributed by atoms with Gasteiger partial charge in [0.2, 0.25) is 5.88 Å². The van der Waals surface area contributed by atoms with E-state index in [4.69, 9.17) is 19.9 Å². The Kier molecular flexibility index (Phi) is 5.48. The summed E-state index contributed by atoms with van der Waals surface area (Å²) in [5.41, 5.74) is 14.5. The summed E-state index contributed by atoms with van der Waals surface area (Å²) in [6.45, 7) is 2.44. The SMILES string of the molecule is CCOc1ccc(C2NNC3OC(N)=C(C#N)C(c4ccc(F)cc4)C32)cc1OC. The quantitative estimate of drug-likeness (QED) is 0.697. The average Bonchev–Trinajstić information content (AvgIpc) is 3.17. The standard InChI is InChI=1S/C22H23FN4O3/c1-3-29-16-9-6-13(10-17(16)28-2)20-19-18(12-4-7-14(23)8-5-12)15(11-24)21(25)30-22(19)27-26-20/h4-10,18-20,22,26-27H,3,25H2,1-2H3. The van der Waals surface area contributed by atoms with Gasteiger partial charge in [0.05, 0.1) is 25.3 Å². The Morgan fingerprint density at radius 2 is 1.87 bits per heavy atom. The number of nitrogens with two attached hydrogens (primary N) is 1. The van der Waals surface area contributed by atoms with Crippen molar-refractivity contribution < 1.29 is 18.6 Å². The molecule has 4 N–H and O–H groups in total. The zero-order valence-corrected chi connectivity index (χ0v) is 16.7. The molecule has 0 aromatic heterocycles. The number of fused-ring (bicyclic) bond motifs is 1. The van der Waals surface area contributed by atoms with Crippen LogP contribution >= 0.6 is 0 Å². The van der Waals surface area contributed by atoms with E-state index in [1.165, 1.54) is 12.1 Å². The smallest absolute Gasteiger partial charge is 0.200 e. The Balaban J connectivity index is 1.77. The van der Waals surface area contributed by atoms with Crippen molar-refractivity contribution in [3.8, 4) is 17.6 Å². The van der Waals surface area contributed by atoms with Gasteiger partial charge in [-0.2, -0.15) is 5.26 Å². The Hall–Kier alpha value is -3.28. The fourth-order valence-corrected chi connectivity index (χ4v) is 4.20. The van der Waals surface area contributed by atoms with E-state index in [-0.39, 0.29) is 29.6 Å². The van der Waals surface area contributed by atoms with Crippen LogP contribution < -0.4 is 26.1 Å². The number of methoxy groups -OCH3 is 1. The lowest BCUT2D eigenvalue weighted by Crippen LogP contribution is -2.40. The maximum absolute atomic E-state index is 13.5. The Labute approximate surface area is 174 Å². The number of hydrazine groups is 1. The third-order valence-corrected chi connectivity index (χ3v) is 5.53. The van der Waals surface area contributed by atoms with Crippen molar-refractivity contribution in [3.05, 3.63) is 70.9 Å². The molecule has 156 valence electrons. The molecule has 2 aliphatic rings. The first-order valence-corrected chi connectivity index (χ1v) is 9.71. The van der Waals surface area contributed by atoms with E-state index in [0.717, 1.165) is 11.1 Å². The average molecular weight is 410 g/mol. The maximum Gasteiger partial charge on any atom is 0.200 e. The van der Waals surface area contributed by atoms with E-state index < -0.39 is 6.23 Å². The van der Waals surface area contributed by atoms with Crippen molar-refractivity contribution >= 4 is 0 Å². The second kappa shape index (κ2) is 8.22. The highest BCUT2D eigenvalue weighted by atomic mass is 19.1. The predicted octanol–water partition coefficient (Wildman–Crippen LogP) is 2.83. The van der Waals surface area contributed by atoms with Crippen LogP contribution in [0.15, 0.2) is 53.9 Å². The molecule has 4 atom stereocenters. The first-order valence-electron chi connectivity index (χ1n) is 9.71. The molecule has 0 bridgehead atoms. The zero-order valence-electron chi connectivity index (χ0n) is 16.7. The normalized spacial score (nSPS) is 25.3. The highest BCUT2D eigenvalue weighted by Crippen LogP contribution is 2.48. The summed E-state index contributed by atoms with van der Waals surface area (Å²) in [5, 5.41) is 9.78. The number of allylic oxidation sites excluding steroid dienone is 1. The van der Waals surface area contributed by atoms with Crippen molar-refractivity contribution in [1.29, 1.82) is 5.26 Å². The summed E-state index contributed by atoms with van der Waals surface area (Å²) in [6, 6.07) is 13.8. The topological polar surface area (TPSA) is 102 Å². The molecule has 2 aromatic carbocycles. The molecular weight excluding hydrogens is 387 g/mol. The molecule has 4 unspecified atom stereocenters. The van der Waals surface area contributed by atoms with Crippen molar-refractivity contribution in [2.75, 3.05) is 13.7 Å². The van der Waals surface area contributed by atoms with Crippen LogP contribution in [0.25, 0.3) is 0 Å². The van der Waals surface area contributed by atoms with Crippen LogP contribution in [0.5, 0.6) is 11.5 Å². The van der Waals surface area contributed by atoms with Gasteiger partial charge >= 0.3 is 0 Å². The van der Waals surface area contributed by atoms with Gasteiger partial charge in [-0.25, -0.2) is 15.2 Å².